The molecule has 0 radical (unpaired) electrons. The van der Waals surface area contributed by atoms with Gasteiger partial charge >= 0.3 is 12.1 Å². The van der Waals surface area contributed by atoms with Gasteiger partial charge in [0.2, 0.25) is 11.8 Å². The van der Waals surface area contributed by atoms with Gasteiger partial charge in [-0.15, -0.1) is 13.2 Å². The molecule has 3 amide bonds. The maximum atomic E-state index is 13.7. The molecule has 3 atom stereocenters. The van der Waals surface area contributed by atoms with Crippen LogP contribution in [0.5, 0.6) is 0 Å². The maximum absolute atomic E-state index is 13.7. The molecule has 0 fully saturated rings. The lowest BCUT2D eigenvalue weighted by atomic mass is 9.96. The van der Waals surface area contributed by atoms with E-state index >= 15 is 0 Å². The van der Waals surface area contributed by atoms with Crippen molar-refractivity contribution in [2.75, 3.05) is 26.3 Å². The van der Waals surface area contributed by atoms with Crippen molar-refractivity contribution in [2.45, 2.75) is 64.1 Å². The van der Waals surface area contributed by atoms with Crippen molar-refractivity contribution in [1.29, 1.82) is 0 Å². The summed E-state index contributed by atoms with van der Waals surface area (Å²) in [5.41, 5.74) is 2.81. The van der Waals surface area contributed by atoms with Gasteiger partial charge < -0.3 is 30.1 Å². The minimum atomic E-state index is -0.715. The van der Waals surface area contributed by atoms with Crippen LogP contribution in [0.4, 0.5) is 4.79 Å². The highest BCUT2D eigenvalue weighted by Gasteiger charge is 2.27. The van der Waals surface area contributed by atoms with E-state index < -0.39 is 24.0 Å². The first-order chi connectivity index (χ1) is 25.3. The number of nitrogens with zero attached hydrogens (tertiary/aromatic N) is 1. The molecule has 0 aliphatic carbocycles. The average molecular weight is 712 g/mol. The standard InChI is InChI=1S/C42H53N3O7/c1-3-16-36(29-39(47)45(26-27-46)30-34-20-10-6-11-21-34)40(48)44-38(24-14-15-25-43-42(50)52-31-35-22-12-7-13-23-35)32-51-41(49)37(17-4-2)28-33-18-8-5-9-19-33/h3-13,18-23,36-38,46H,1-2,14-17,24-32H2,(H,43,50)(H,44,48)/t36-,37+,38+/m1/s1. The molecule has 0 saturated carbocycles. The Bertz CT molecular complexity index is 1520. The second-order valence-corrected chi connectivity index (χ2v) is 12.7. The second-order valence-electron chi connectivity index (χ2n) is 12.7. The molecule has 0 aliphatic rings. The Morgan fingerprint density at radius 3 is 1.98 bits per heavy atom. The van der Waals surface area contributed by atoms with Gasteiger partial charge in [-0.1, -0.05) is 103 Å². The number of carbonyl (C=O) groups excluding carboxylic acids is 4. The van der Waals surface area contributed by atoms with Crippen LogP contribution in [0, 0.1) is 11.8 Å². The number of ether oxygens (including phenoxy) is 2. The van der Waals surface area contributed by atoms with E-state index in [4.69, 9.17) is 9.47 Å². The quantitative estimate of drug-likeness (QED) is 0.0577. The number of hydrogen-bond acceptors (Lipinski definition) is 7. The van der Waals surface area contributed by atoms with Gasteiger partial charge in [0.05, 0.1) is 24.5 Å². The maximum Gasteiger partial charge on any atom is 0.407 e. The zero-order valence-electron chi connectivity index (χ0n) is 30.0. The van der Waals surface area contributed by atoms with Gasteiger partial charge in [0.15, 0.2) is 0 Å². The Balaban J connectivity index is 1.62. The summed E-state index contributed by atoms with van der Waals surface area (Å²) in [5, 5.41) is 15.4. The van der Waals surface area contributed by atoms with E-state index in [1.165, 1.54) is 0 Å². The first kappa shape index (κ1) is 41.2. The van der Waals surface area contributed by atoms with Gasteiger partial charge in [0.1, 0.15) is 13.2 Å². The predicted octanol–water partition coefficient (Wildman–Crippen LogP) is 6.15. The predicted molar refractivity (Wildman–Crippen MR) is 202 cm³/mol. The summed E-state index contributed by atoms with van der Waals surface area (Å²) in [6, 6.07) is 28.0. The van der Waals surface area contributed by atoms with E-state index in [1.54, 1.807) is 17.1 Å². The van der Waals surface area contributed by atoms with E-state index in [-0.39, 0.29) is 57.0 Å². The molecule has 3 aromatic carbocycles. The molecule has 0 aromatic heterocycles. The van der Waals surface area contributed by atoms with Crippen LogP contribution < -0.4 is 10.6 Å². The number of carbonyl (C=O) groups is 4. The number of unbranched alkanes of at least 4 members (excludes halogenated alkanes) is 1. The number of hydrogen-bond donors (Lipinski definition) is 3. The number of nitrogens with one attached hydrogen (secondary N) is 2. The molecule has 3 N–H and O–H groups in total. The minimum Gasteiger partial charge on any atom is -0.463 e. The number of alkyl carbamates (subject to hydrolysis) is 1. The van der Waals surface area contributed by atoms with Gasteiger partial charge in [-0.2, -0.15) is 0 Å². The zero-order valence-corrected chi connectivity index (χ0v) is 30.0. The summed E-state index contributed by atoms with van der Waals surface area (Å²) < 4.78 is 11.1. The van der Waals surface area contributed by atoms with Crippen molar-refractivity contribution < 1.29 is 33.8 Å². The SMILES string of the molecule is C=CC[C@H](CC(=O)N(CCO)Cc1ccccc1)C(=O)N[C@@H](CCCCNC(=O)OCc1ccccc1)COC(=O)[C@@H](CC=C)Cc1ccccc1. The molecule has 0 aliphatic heterocycles. The van der Waals surface area contributed by atoms with E-state index in [1.807, 2.05) is 91.0 Å². The van der Waals surface area contributed by atoms with Crippen LogP contribution in [0.1, 0.15) is 55.2 Å². The van der Waals surface area contributed by atoms with Crippen LogP contribution in [-0.2, 0) is 43.4 Å². The summed E-state index contributed by atoms with van der Waals surface area (Å²) >= 11 is 0. The van der Waals surface area contributed by atoms with Gasteiger partial charge in [-0.25, -0.2) is 4.79 Å². The molecule has 52 heavy (non-hydrogen) atoms. The summed E-state index contributed by atoms with van der Waals surface area (Å²) in [5.74, 6) is -2.15. The van der Waals surface area contributed by atoms with Crippen LogP contribution in [0.15, 0.2) is 116 Å². The third-order valence-electron chi connectivity index (χ3n) is 8.53. The van der Waals surface area contributed by atoms with E-state index in [9.17, 15) is 24.3 Å². The molecule has 0 saturated heterocycles. The number of rotatable bonds is 24. The van der Waals surface area contributed by atoms with Crippen LogP contribution >= 0.6 is 0 Å². The number of aliphatic hydroxyl groups excluding tert-OH is 1. The fourth-order valence-corrected chi connectivity index (χ4v) is 5.70. The smallest absolute Gasteiger partial charge is 0.407 e. The number of aliphatic hydroxyl groups is 1. The first-order valence-electron chi connectivity index (χ1n) is 17.9. The Labute approximate surface area is 307 Å². The summed E-state index contributed by atoms with van der Waals surface area (Å²) in [6.07, 6.45) is 5.55. The summed E-state index contributed by atoms with van der Waals surface area (Å²) in [4.78, 5) is 54.1. The van der Waals surface area contributed by atoms with Gasteiger partial charge in [-0.3, -0.25) is 14.4 Å². The molecule has 10 heteroatoms. The molecule has 0 heterocycles. The van der Waals surface area contributed by atoms with Crippen molar-refractivity contribution in [3.05, 3.63) is 133 Å². The Hall–Kier alpha value is -5.22. The molecule has 3 rings (SSSR count). The monoisotopic (exact) mass is 711 g/mol. The highest BCUT2D eigenvalue weighted by Crippen LogP contribution is 2.18. The number of esters is 1. The van der Waals surface area contributed by atoms with E-state index in [0.717, 1.165) is 16.7 Å². The lowest BCUT2D eigenvalue weighted by Crippen LogP contribution is -2.44. The van der Waals surface area contributed by atoms with Crippen molar-refractivity contribution in [2.24, 2.45) is 11.8 Å². The first-order valence-corrected chi connectivity index (χ1v) is 17.9. The Morgan fingerprint density at radius 2 is 1.37 bits per heavy atom. The number of allylic oxidation sites excluding steroid dienone is 2. The van der Waals surface area contributed by atoms with Crippen molar-refractivity contribution >= 4 is 23.9 Å². The molecule has 278 valence electrons. The molecule has 3 aromatic rings. The molecule has 0 spiro atoms. The van der Waals surface area contributed by atoms with Gasteiger partial charge in [0, 0.05) is 26.1 Å². The normalized spacial score (nSPS) is 12.4. The van der Waals surface area contributed by atoms with Crippen molar-refractivity contribution in [1.82, 2.24) is 15.5 Å². The van der Waals surface area contributed by atoms with Gasteiger partial charge in [-0.05, 0) is 55.2 Å². The highest BCUT2D eigenvalue weighted by molar-refractivity contribution is 5.86. The lowest BCUT2D eigenvalue weighted by molar-refractivity contribution is -0.150. The summed E-state index contributed by atoms with van der Waals surface area (Å²) in [6.45, 7) is 8.32. The van der Waals surface area contributed by atoms with Crippen LogP contribution in [0.3, 0.4) is 0 Å². The minimum absolute atomic E-state index is 0.0566. The molecule has 0 unspecified atom stereocenters. The number of amides is 3. The molecule has 0 bridgehead atoms. The Morgan fingerprint density at radius 1 is 0.769 bits per heavy atom. The van der Waals surface area contributed by atoms with Crippen molar-refractivity contribution in [3.63, 3.8) is 0 Å². The Kier molecular flexibility index (Phi) is 19.1. The van der Waals surface area contributed by atoms with Gasteiger partial charge in [0.25, 0.3) is 0 Å². The number of benzene rings is 3. The lowest BCUT2D eigenvalue weighted by Gasteiger charge is -2.26. The zero-order chi connectivity index (χ0) is 37.4. The third-order valence-corrected chi connectivity index (χ3v) is 8.53. The fraction of sp³-hybridized carbons (Fsp3) is 0.381. The molecule has 10 nitrogen and oxygen atoms in total. The second kappa shape index (κ2) is 24.1. The largest absolute Gasteiger partial charge is 0.463 e. The third kappa shape index (κ3) is 15.8. The van der Waals surface area contributed by atoms with Crippen LogP contribution in [0.2, 0.25) is 0 Å². The average Bonchev–Trinajstić information content (AvgIpc) is 3.16. The van der Waals surface area contributed by atoms with Crippen LogP contribution in [-0.4, -0.2) is 66.2 Å². The van der Waals surface area contributed by atoms with Crippen molar-refractivity contribution in [3.8, 4) is 0 Å². The molecular weight excluding hydrogens is 658 g/mol. The van der Waals surface area contributed by atoms with Crippen LogP contribution in [0.25, 0.3) is 0 Å². The fourth-order valence-electron chi connectivity index (χ4n) is 5.70. The topological polar surface area (TPSA) is 134 Å². The van der Waals surface area contributed by atoms with E-state index in [0.29, 0.717) is 45.2 Å². The summed E-state index contributed by atoms with van der Waals surface area (Å²) in [7, 11) is 0. The highest BCUT2D eigenvalue weighted by atomic mass is 16.5. The van der Waals surface area contributed by atoms with E-state index in [2.05, 4.69) is 23.8 Å². The molecular formula is C42H53N3O7.